The molecule has 0 saturated carbocycles. The van der Waals surface area contributed by atoms with Gasteiger partial charge in [0.1, 0.15) is 0 Å². The molecule has 0 aromatic carbocycles. The zero-order valence-corrected chi connectivity index (χ0v) is 8.37. The Morgan fingerprint density at radius 2 is 2.36 bits per heavy atom. The van der Waals surface area contributed by atoms with Gasteiger partial charge >= 0.3 is 0 Å². The first-order valence-corrected chi connectivity index (χ1v) is 6.06. The molecular formula is C9H11NO3S. The fraction of sp³-hybridized carbons (Fsp3) is 0.444. The summed E-state index contributed by atoms with van der Waals surface area (Å²) in [5, 5.41) is 0. The van der Waals surface area contributed by atoms with Crippen molar-refractivity contribution in [2.75, 3.05) is 5.75 Å². The van der Waals surface area contributed by atoms with Gasteiger partial charge in [0.15, 0.2) is 0 Å². The molecule has 1 heterocycles. The summed E-state index contributed by atoms with van der Waals surface area (Å²) in [5.74, 6) is -0.349. The Labute approximate surface area is 82.7 Å². The number of aryl methyl sites for hydroxylation is 1. The second-order valence-corrected chi connectivity index (χ2v) is 5.03. The summed E-state index contributed by atoms with van der Waals surface area (Å²) in [6, 6.07) is 3.79. The highest BCUT2D eigenvalue weighted by Gasteiger charge is 2.27. The van der Waals surface area contributed by atoms with Crippen LogP contribution in [0.25, 0.3) is 0 Å². The van der Waals surface area contributed by atoms with Gasteiger partial charge in [-0.25, -0.2) is 0 Å². The van der Waals surface area contributed by atoms with E-state index in [2.05, 4.69) is 4.98 Å². The number of pyridine rings is 1. The normalized spacial score (nSPS) is 20.8. The monoisotopic (exact) mass is 213 g/mol. The zero-order chi connectivity index (χ0) is 10.2. The Kier molecular flexibility index (Phi) is 2.28. The summed E-state index contributed by atoms with van der Waals surface area (Å²) in [4.78, 5) is 4.15. The van der Waals surface area contributed by atoms with Crippen molar-refractivity contribution < 1.29 is 13.0 Å². The van der Waals surface area contributed by atoms with Gasteiger partial charge in [0.25, 0.3) is 10.1 Å². The quantitative estimate of drug-likeness (QED) is 0.744. The van der Waals surface area contributed by atoms with E-state index in [0.717, 1.165) is 24.1 Å². The van der Waals surface area contributed by atoms with Crippen molar-refractivity contribution in [1.29, 1.82) is 0 Å². The van der Waals surface area contributed by atoms with Crippen molar-refractivity contribution in [2.45, 2.75) is 18.8 Å². The molecule has 76 valence electrons. The maximum Gasteiger partial charge on any atom is 0.265 e. The van der Waals surface area contributed by atoms with Crippen LogP contribution >= 0.6 is 0 Å². The molecule has 14 heavy (non-hydrogen) atoms. The lowest BCUT2D eigenvalue weighted by atomic mass is 10.1. The fourth-order valence-corrected chi connectivity index (χ4v) is 2.75. The van der Waals surface area contributed by atoms with Crippen LogP contribution in [0.1, 0.15) is 23.6 Å². The molecule has 5 heteroatoms. The molecule has 1 aromatic rings. The average Bonchev–Trinajstić information content (AvgIpc) is 2.47. The first-order valence-electron chi connectivity index (χ1n) is 4.45. The van der Waals surface area contributed by atoms with Gasteiger partial charge in [-0.05, 0) is 24.5 Å². The summed E-state index contributed by atoms with van der Waals surface area (Å²) in [6.07, 6.45) is 3.26. The minimum Gasteiger partial charge on any atom is -0.286 e. The number of hydrogen-bond donors (Lipinski definition) is 1. The lowest BCUT2D eigenvalue weighted by Gasteiger charge is -2.07. The van der Waals surface area contributed by atoms with Gasteiger partial charge < -0.3 is 0 Å². The van der Waals surface area contributed by atoms with Gasteiger partial charge in [-0.1, -0.05) is 6.07 Å². The standard InChI is InChI=1S/C9H11NO3S/c11-14(12,13)6-8-4-3-7-2-1-5-10-9(7)8/h1-2,5,8H,3-4,6H2,(H,11,12,13)/t8-/m0/s1. The number of nitrogens with zero attached hydrogens (tertiary/aromatic N) is 1. The number of rotatable bonds is 2. The molecule has 4 nitrogen and oxygen atoms in total. The molecule has 1 aliphatic rings. The molecule has 0 saturated heterocycles. The van der Waals surface area contributed by atoms with Gasteiger partial charge in [-0.15, -0.1) is 0 Å². The van der Waals surface area contributed by atoms with E-state index >= 15 is 0 Å². The van der Waals surface area contributed by atoms with Crippen LogP contribution in [0.2, 0.25) is 0 Å². The van der Waals surface area contributed by atoms with Crippen molar-refractivity contribution in [1.82, 2.24) is 4.98 Å². The van der Waals surface area contributed by atoms with Crippen molar-refractivity contribution in [3.63, 3.8) is 0 Å². The van der Waals surface area contributed by atoms with Crippen molar-refractivity contribution >= 4 is 10.1 Å². The van der Waals surface area contributed by atoms with Gasteiger partial charge in [0.2, 0.25) is 0 Å². The SMILES string of the molecule is O=S(=O)(O)C[C@@H]1CCc2cccnc21. The van der Waals surface area contributed by atoms with E-state index in [1.165, 1.54) is 0 Å². The summed E-state index contributed by atoms with van der Waals surface area (Å²) in [6.45, 7) is 0. The predicted octanol–water partition coefficient (Wildman–Crippen LogP) is 0.999. The third-order valence-electron chi connectivity index (χ3n) is 2.49. The van der Waals surface area contributed by atoms with Crippen LogP contribution in [0.4, 0.5) is 0 Å². The first-order chi connectivity index (χ1) is 6.56. The molecule has 1 aromatic heterocycles. The molecule has 0 aliphatic heterocycles. The fourth-order valence-electron chi connectivity index (χ4n) is 1.91. The molecular weight excluding hydrogens is 202 g/mol. The highest BCUT2D eigenvalue weighted by atomic mass is 32.2. The van der Waals surface area contributed by atoms with E-state index in [4.69, 9.17) is 4.55 Å². The lowest BCUT2D eigenvalue weighted by molar-refractivity contribution is 0.476. The number of aromatic nitrogens is 1. The van der Waals surface area contributed by atoms with Crippen molar-refractivity contribution in [2.24, 2.45) is 0 Å². The Bertz CT molecular complexity index is 441. The largest absolute Gasteiger partial charge is 0.286 e. The third kappa shape index (κ3) is 1.93. The number of fused-ring (bicyclic) bond motifs is 1. The Hall–Kier alpha value is -0.940. The Balaban J connectivity index is 2.27. The van der Waals surface area contributed by atoms with E-state index in [9.17, 15) is 8.42 Å². The van der Waals surface area contributed by atoms with Gasteiger partial charge in [0.05, 0.1) is 5.75 Å². The molecule has 0 unspecified atom stereocenters. The van der Waals surface area contributed by atoms with Gasteiger partial charge in [-0.2, -0.15) is 8.42 Å². The van der Waals surface area contributed by atoms with Crippen LogP contribution in [0.3, 0.4) is 0 Å². The van der Waals surface area contributed by atoms with Gasteiger partial charge in [-0.3, -0.25) is 9.54 Å². The van der Waals surface area contributed by atoms with Crippen LogP contribution in [0.5, 0.6) is 0 Å². The minimum absolute atomic E-state index is 0.138. The van der Waals surface area contributed by atoms with Crippen LogP contribution < -0.4 is 0 Å². The van der Waals surface area contributed by atoms with Crippen molar-refractivity contribution in [3.05, 3.63) is 29.6 Å². The smallest absolute Gasteiger partial charge is 0.265 e. The summed E-state index contributed by atoms with van der Waals surface area (Å²) in [7, 11) is -3.89. The first kappa shape index (κ1) is 9.61. The van der Waals surface area contributed by atoms with E-state index < -0.39 is 10.1 Å². The second kappa shape index (κ2) is 3.33. The topological polar surface area (TPSA) is 67.3 Å². The van der Waals surface area contributed by atoms with E-state index in [1.54, 1.807) is 6.20 Å². The lowest BCUT2D eigenvalue weighted by Crippen LogP contribution is -2.12. The highest BCUT2D eigenvalue weighted by molar-refractivity contribution is 7.85. The van der Waals surface area contributed by atoms with Crippen LogP contribution in [0, 0.1) is 0 Å². The molecule has 2 rings (SSSR count). The maximum absolute atomic E-state index is 10.7. The highest BCUT2D eigenvalue weighted by Crippen LogP contribution is 2.31. The van der Waals surface area contributed by atoms with Crippen molar-refractivity contribution in [3.8, 4) is 0 Å². The Morgan fingerprint density at radius 1 is 1.57 bits per heavy atom. The molecule has 1 aliphatic carbocycles. The number of hydrogen-bond acceptors (Lipinski definition) is 3. The van der Waals surface area contributed by atoms with E-state index in [-0.39, 0.29) is 11.7 Å². The molecule has 1 N–H and O–H groups in total. The minimum atomic E-state index is -3.89. The molecule has 0 spiro atoms. The molecule has 0 fully saturated rings. The summed E-state index contributed by atoms with van der Waals surface area (Å²) in [5.41, 5.74) is 1.92. The Morgan fingerprint density at radius 3 is 3.07 bits per heavy atom. The average molecular weight is 213 g/mol. The zero-order valence-electron chi connectivity index (χ0n) is 7.55. The molecule has 0 bridgehead atoms. The summed E-state index contributed by atoms with van der Waals surface area (Å²) < 4.78 is 30.2. The molecule has 0 radical (unpaired) electrons. The van der Waals surface area contributed by atoms with E-state index in [0.29, 0.717) is 0 Å². The third-order valence-corrected chi connectivity index (χ3v) is 3.31. The molecule has 1 atom stereocenters. The van der Waals surface area contributed by atoms with Crippen LogP contribution in [0.15, 0.2) is 18.3 Å². The van der Waals surface area contributed by atoms with Gasteiger partial charge in [0, 0.05) is 17.8 Å². The second-order valence-electron chi connectivity index (χ2n) is 3.53. The van der Waals surface area contributed by atoms with E-state index in [1.807, 2.05) is 12.1 Å². The van der Waals surface area contributed by atoms with Crippen LogP contribution in [-0.4, -0.2) is 23.7 Å². The summed E-state index contributed by atoms with van der Waals surface area (Å²) >= 11 is 0. The molecule has 0 amide bonds. The maximum atomic E-state index is 10.7. The predicted molar refractivity (Wildman–Crippen MR) is 51.7 cm³/mol. The van der Waals surface area contributed by atoms with Crippen LogP contribution in [-0.2, 0) is 16.5 Å².